The lowest BCUT2D eigenvalue weighted by Crippen LogP contribution is -2.44. The van der Waals surface area contributed by atoms with Crippen LogP contribution >= 0.6 is 11.6 Å². The number of hydrogen-bond acceptors (Lipinski definition) is 3. The lowest BCUT2D eigenvalue weighted by Gasteiger charge is -2.33. The van der Waals surface area contributed by atoms with Gasteiger partial charge in [-0.2, -0.15) is 0 Å². The molecule has 1 fully saturated rings. The molecule has 2 aliphatic heterocycles. The van der Waals surface area contributed by atoms with Crippen molar-refractivity contribution in [3.8, 4) is 0 Å². The minimum Gasteiger partial charge on any atom is -0.358 e. The van der Waals surface area contributed by atoms with Gasteiger partial charge < -0.3 is 15.5 Å². The first kappa shape index (κ1) is 16.9. The van der Waals surface area contributed by atoms with E-state index in [0.29, 0.717) is 17.1 Å². The maximum atomic E-state index is 12.4. The highest BCUT2D eigenvalue weighted by molar-refractivity contribution is 6.30. The molecule has 1 atom stereocenters. The van der Waals surface area contributed by atoms with Crippen molar-refractivity contribution < 1.29 is 9.59 Å². The van der Waals surface area contributed by atoms with E-state index in [4.69, 9.17) is 11.6 Å². The maximum Gasteiger partial charge on any atom is 0.251 e. The highest BCUT2D eigenvalue weighted by Crippen LogP contribution is 2.37. The third-order valence-electron chi connectivity index (χ3n) is 4.99. The van der Waals surface area contributed by atoms with Crippen molar-refractivity contribution in [2.75, 3.05) is 23.3 Å². The van der Waals surface area contributed by atoms with Crippen LogP contribution in [-0.4, -0.2) is 30.9 Å². The van der Waals surface area contributed by atoms with E-state index < -0.39 is 0 Å². The summed E-state index contributed by atoms with van der Waals surface area (Å²) in [6, 6.07) is 13.0. The third-order valence-corrected chi connectivity index (χ3v) is 5.25. The number of halogens is 1. The Balaban J connectivity index is 1.41. The van der Waals surface area contributed by atoms with Crippen molar-refractivity contribution >= 4 is 34.8 Å². The number of fused-ring (bicyclic) bond motifs is 3. The molecule has 0 aliphatic carbocycles. The summed E-state index contributed by atoms with van der Waals surface area (Å²) in [5, 5.41) is 6.57. The zero-order chi connectivity index (χ0) is 18.1. The monoisotopic (exact) mass is 369 g/mol. The fraction of sp³-hybridized carbons (Fsp3) is 0.300. The predicted molar refractivity (Wildman–Crippen MR) is 103 cm³/mol. The molecule has 0 spiro atoms. The topological polar surface area (TPSA) is 61.4 Å². The van der Waals surface area contributed by atoms with E-state index >= 15 is 0 Å². The highest BCUT2D eigenvalue weighted by atomic mass is 35.5. The molecule has 2 heterocycles. The van der Waals surface area contributed by atoms with Crippen LogP contribution in [0.15, 0.2) is 42.5 Å². The van der Waals surface area contributed by atoms with Crippen LogP contribution < -0.4 is 15.5 Å². The average Bonchev–Trinajstić information content (AvgIpc) is 3.13. The first-order valence-electron chi connectivity index (χ1n) is 8.86. The number of nitrogens with one attached hydrogen (secondary N) is 2. The van der Waals surface area contributed by atoms with Gasteiger partial charge in [0.25, 0.3) is 5.91 Å². The number of carbonyl (C=O) groups excluding carboxylic acids is 2. The summed E-state index contributed by atoms with van der Waals surface area (Å²) in [5.74, 6) is -0.116. The first-order chi connectivity index (χ1) is 12.6. The lowest BCUT2D eigenvalue weighted by atomic mass is 10.1. The highest BCUT2D eigenvalue weighted by Gasteiger charge is 2.36. The number of hydrogen-bond donors (Lipinski definition) is 2. The Bertz CT molecular complexity index is 851. The second kappa shape index (κ2) is 7.00. The van der Waals surface area contributed by atoms with Crippen molar-refractivity contribution in [3.63, 3.8) is 0 Å². The number of nitrogens with zero attached hydrogens (tertiary/aromatic N) is 1. The molecule has 0 bridgehead atoms. The average molecular weight is 370 g/mol. The number of anilines is 2. The van der Waals surface area contributed by atoms with E-state index in [1.807, 2.05) is 36.4 Å². The normalized spacial score (nSPS) is 18.1. The van der Waals surface area contributed by atoms with E-state index in [9.17, 15) is 9.59 Å². The molecule has 0 radical (unpaired) electrons. The fourth-order valence-electron chi connectivity index (χ4n) is 3.65. The Morgan fingerprint density at radius 2 is 2.04 bits per heavy atom. The van der Waals surface area contributed by atoms with Gasteiger partial charge in [0.1, 0.15) is 6.04 Å². The van der Waals surface area contributed by atoms with Gasteiger partial charge in [-0.05, 0) is 55.2 Å². The minimum absolute atomic E-state index is 0.0234. The maximum absolute atomic E-state index is 12.4. The second-order valence-electron chi connectivity index (χ2n) is 6.70. The van der Waals surface area contributed by atoms with Crippen LogP contribution in [-0.2, 0) is 11.2 Å². The smallest absolute Gasteiger partial charge is 0.251 e. The van der Waals surface area contributed by atoms with Crippen LogP contribution in [0.3, 0.4) is 0 Å². The van der Waals surface area contributed by atoms with Crippen LogP contribution in [0.2, 0.25) is 5.02 Å². The summed E-state index contributed by atoms with van der Waals surface area (Å²) in [5.41, 5.74) is 3.40. The van der Waals surface area contributed by atoms with Crippen molar-refractivity contribution in [1.29, 1.82) is 0 Å². The van der Waals surface area contributed by atoms with E-state index in [0.717, 1.165) is 42.7 Å². The molecule has 1 saturated heterocycles. The van der Waals surface area contributed by atoms with Crippen LogP contribution in [0, 0.1) is 0 Å². The van der Waals surface area contributed by atoms with E-state index in [2.05, 4.69) is 15.5 Å². The molecule has 2 aromatic rings. The molecule has 6 heteroatoms. The predicted octanol–water partition coefficient (Wildman–Crippen LogP) is 3.23. The first-order valence-corrected chi connectivity index (χ1v) is 9.24. The Morgan fingerprint density at radius 3 is 2.85 bits per heavy atom. The fourth-order valence-corrected chi connectivity index (χ4v) is 3.77. The Labute approximate surface area is 157 Å². The second-order valence-corrected chi connectivity index (χ2v) is 7.14. The van der Waals surface area contributed by atoms with Gasteiger partial charge in [0.15, 0.2) is 0 Å². The van der Waals surface area contributed by atoms with Crippen LogP contribution in [0.25, 0.3) is 0 Å². The Kier molecular flexibility index (Phi) is 4.55. The zero-order valence-electron chi connectivity index (χ0n) is 14.3. The van der Waals surface area contributed by atoms with Gasteiger partial charge >= 0.3 is 0 Å². The minimum atomic E-state index is -0.139. The molecular formula is C20H20ClN3O2. The van der Waals surface area contributed by atoms with Crippen molar-refractivity contribution in [2.24, 2.45) is 0 Å². The summed E-state index contributed by atoms with van der Waals surface area (Å²) < 4.78 is 0. The largest absolute Gasteiger partial charge is 0.358 e. The summed E-state index contributed by atoms with van der Waals surface area (Å²) in [6.45, 7) is 1.43. The quantitative estimate of drug-likeness (QED) is 0.869. The summed E-state index contributed by atoms with van der Waals surface area (Å²) in [4.78, 5) is 26.8. The molecular weight excluding hydrogens is 350 g/mol. The molecule has 4 rings (SSSR count). The molecule has 5 nitrogen and oxygen atoms in total. The van der Waals surface area contributed by atoms with E-state index in [-0.39, 0.29) is 17.9 Å². The van der Waals surface area contributed by atoms with Crippen molar-refractivity contribution in [1.82, 2.24) is 5.32 Å². The van der Waals surface area contributed by atoms with Crippen LogP contribution in [0.5, 0.6) is 0 Å². The molecule has 0 unspecified atom stereocenters. The molecule has 134 valence electrons. The SMILES string of the molecule is O=C(NCCc1ccc(Cl)cc1)c1ccc2c(c1)NC(=O)[C@H]1CCCN21. The molecule has 0 aromatic heterocycles. The summed E-state index contributed by atoms with van der Waals surface area (Å²) in [6.07, 6.45) is 2.64. The van der Waals surface area contributed by atoms with Gasteiger partial charge in [-0.3, -0.25) is 9.59 Å². The Hall–Kier alpha value is -2.53. The number of rotatable bonds is 4. The number of carbonyl (C=O) groups is 2. The van der Waals surface area contributed by atoms with Gasteiger partial charge in [0.2, 0.25) is 5.91 Å². The Morgan fingerprint density at radius 1 is 1.23 bits per heavy atom. The molecule has 2 aromatic carbocycles. The number of amides is 2. The van der Waals surface area contributed by atoms with Gasteiger partial charge in [0, 0.05) is 23.7 Å². The van der Waals surface area contributed by atoms with Crippen molar-refractivity contribution in [2.45, 2.75) is 25.3 Å². The van der Waals surface area contributed by atoms with Crippen molar-refractivity contribution in [3.05, 3.63) is 58.6 Å². The molecule has 2 N–H and O–H groups in total. The van der Waals surface area contributed by atoms with E-state index in [1.165, 1.54) is 0 Å². The van der Waals surface area contributed by atoms with Crippen LogP contribution in [0.1, 0.15) is 28.8 Å². The van der Waals surface area contributed by atoms with Gasteiger partial charge in [-0.1, -0.05) is 23.7 Å². The number of benzene rings is 2. The van der Waals surface area contributed by atoms with Crippen LogP contribution in [0.4, 0.5) is 11.4 Å². The zero-order valence-corrected chi connectivity index (χ0v) is 15.1. The standard InChI is InChI=1S/C20H20ClN3O2/c21-15-6-3-13(4-7-15)9-10-22-19(25)14-5-8-17-16(12-14)23-20(26)18-2-1-11-24(17)18/h3-8,12,18H,1-2,9-11H2,(H,22,25)(H,23,26)/t18-/m1/s1. The molecule has 2 aliphatic rings. The molecule has 2 amide bonds. The van der Waals surface area contributed by atoms with Gasteiger partial charge in [0.05, 0.1) is 11.4 Å². The van der Waals surface area contributed by atoms with Gasteiger partial charge in [-0.15, -0.1) is 0 Å². The lowest BCUT2D eigenvalue weighted by molar-refractivity contribution is -0.117. The van der Waals surface area contributed by atoms with E-state index in [1.54, 1.807) is 6.07 Å². The third kappa shape index (κ3) is 3.27. The molecule has 26 heavy (non-hydrogen) atoms. The molecule has 0 saturated carbocycles. The summed E-state index contributed by atoms with van der Waals surface area (Å²) in [7, 11) is 0. The summed E-state index contributed by atoms with van der Waals surface area (Å²) >= 11 is 5.88. The van der Waals surface area contributed by atoms with Gasteiger partial charge in [-0.25, -0.2) is 0 Å².